The van der Waals surface area contributed by atoms with E-state index >= 15 is 0 Å². The van der Waals surface area contributed by atoms with Gasteiger partial charge in [0, 0.05) is 17.4 Å². The Morgan fingerprint density at radius 1 is 1.26 bits per heavy atom. The van der Waals surface area contributed by atoms with Crippen molar-refractivity contribution in [1.29, 1.82) is 0 Å². The van der Waals surface area contributed by atoms with Gasteiger partial charge < -0.3 is 15.0 Å². The van der Waals surface area contributed by atoms with Crippen LogP contribution < -0.4 is 10.9 Å². The molecule has 0 spiro atoms. The van der Waals surface area contributed by atoms with Crippen LogP contribution in [0, 0.1) is 0 Å². The van der Waals surface area contributed by atoms with Crippen LogP contribution in [0.1, 0.15) is 43.2 Å². The number of thioether (sulfide) groups is 1. The van der Waals surface area contributed by atoms with Crippen molar-refractivity contribution in [2.45, 2.75) is 44.9 Å². The van der Waals surface area contributed by atoms with Crippen LogP contribution in [0.15, 0.2) is 40.3 Å². The van der Waals surface area contributed by atoms with Crippen LogP contribution in [0.5, 0.6) is 0 Å². The van der Waals surface area contributed by atoms with Gasteiger partial charge in [-0.3, -0.25) is 9.59 Å². The van der Waals surface area contributed by atoms with Gasteiger partial charge in [-0.1, -0.05) is 25.6 Å². The maximum atomic E-state index is 12.1. The summed E-state index contributed by atoms with van der Waals surface area (Å²) in [6, 6.07) is 7.95. The highest BCUT2D eigenvalue weighted by molar-refractivity contribution is 7.99. The van der Waals surface area contributed by atoms with Gasteiger partial charge in [-0.15, -0.1) is 0 Å². The third-order valence-corrected chi connectivity index (χ3v) is 4.64. The van der Waals surface area contributed by atoms with Crippen LogP contribution >= 0.6 is 11.8 Å². The fourth-order valence-electron chi connectivity index (χ4n) is 2.09. The third kappa shape index (κ3) is 6.56. The summed E-state index contributed by atoms with van der Waals surface area (Å²) >= 11 is 1.16. The number of benzene rings is 1. The normalized spacial score (nSPS) is 11.7. The van der Waals surface area contributed by atoms with Crippen LogP contribution in [-0.2, 0) is 16.0 Å². The van der Waals surface area contributed by atoms with E-state index in [1.54, 1.807) is 24.3 Å². The molecule has 1 heterocycles. The first-order valence-corrected chi connectivity index (χ1v) is 9.73. The SMILES string of the molecule is CCc1cc(=O)[nH]c(SCC(=O)Nc2ccc(C(=O)OC(C)CC)cc2)n1. The Balaban J connectivity index is 1.89. The van der Waals surface area contributed by atoms with E-state index < -0.39 is 0 Å². The third-order valence-electron chi connectivity index (χ3n) is 3.76. The first-order valence-electron chi connectivity index (χ1n) is 8.75. The molecular weight excluding hydrogens is 366 g/mol. The number of H-pyrrole nitrogens is 1. The lowest BCUT2D eigenvalue weighted by atomic mass is 10.2. The summed E-state index contributed by atoms with van der Waals surface area (Å²) in [6.07, 6.45) is 1.26. The quantitative estimate of drug-likeness (QED) is 0.409. The van der Waals surface area contributed by atoms with Gasteiger partial charge in [0.15, 0.2) is 5.16 Å². The van der Waals surface area contributed by atoms with E-state index in [4.69, 9.17) is 4.74 Å². The summed E-state index contributed by atoms with van der Waals surface area (Å²) in [7, 11) is 0. The lowest BCUT2D eigenvalue weighted by Crippen LogP contribution is -2.16. The maximum Gasteiger partial charge on any atom is 0.338 e. The van der Waals surface area contributed by atoms with E-state index in [0.717, 1.165) is 18.2 Å². The molecule has 0 fully saturated rings. The minimum Gasteiger partial charge on any atom is -0.459 e. The summed E-state index contributed by atoms with van der Waals surface area (Å²) in [6.45, 7) is 5.69. The number of nitrogens with one attached hydrogen (secondary N) is 2. The second-order valence-corrected chi connectivity index (χ2v) is 6.90. The number of amides is 1. The van der Waals surface area contributed by atoms with E-state index in [1.165, 1.54) is 6.07 Å². The molecule has 0 aliphatic heterocycles. The van der Waals surface area contributed by atoms with E-state index in [9.17, 15) is 14.4 Å². The van der Waals surface area contributed by atoms with Crippen molar-refractivity contribution in [3.8, 4) is 0 Å². The molecule has 2 N–H and O–H groups in total. The molecule has 144 valence electrons. The molecule has 0 aliphatic carbocycles. The number of hydrogen-bond acceptors (Lipinski definition) is 6. The Bertz CT molecular complexity index is 849. The van der Waals surface area contributed by atoms with Gasteiger partial charge in [-0.25, -0.2) is 9.78 Å². The predicted molar refractivity (Wildman–Crippen MR) is 105 cm³/mol. The van der Waals surface area contributed by atoms with Crippen molar-refractivity contribution < 1.29 is 14.3 Å². The Hall–Kier alpha value is -2.61. The number of aromatic nitrogens is 2. The highest BCUT2D eigenvalue weighted by Gasteiger charge is 2.11. The van der Waals surface area contributed by atoms with E-state index in [-0.39, 0.29) is 29.3 Å². The fourth-order valence-corrected chi connectivity index (χ4v) is 2.78. The van der Waals surface area contributed by atoms with Crippen molar-refractivity contribution in [3.05, 3.63) is 51.9 Å². The van der Waals surface area contributed by atoms with Gasteiger partial charge in [0.2, 0.25) is 5.91 Å². The molecule has 1 aromatic carbocycles. The standard InChI is InChI=1S/C19H23N3O4S/c1-4-12(3)26-18(25)13-6-8-15(9-7-13)20-17(24)11-27-19-21-14(5-2)10-16(23)22-19/h6-10,12H,4-5,11H2,1-3H3,(H,20,24)(H,21,22,23). The Kier molecular flexibility index (Phi) is 7.60. The first kappa shape index (κ1) is 20.7. The number of rotatable bonds is 8. The number of aryl methyl sites for hydroxylation is 1. The zero-order chi connectivity index (χ0) is 19.8. The van der Waals surface area contributed by atoms with Crippen LogP contribution in [0.2, 0.25) is 0 Å². The highest BCUT2D eigenvalue weighted by atomic mass is 32.2. The monoisotopic (exact) mass is 389 g/mol. The minimum absolute atomic E-state index is 0.105. The zero-order valence-electron chi connectivity index (χ0n) is 15.6. The molecule has 1 amide bonds. The van der Waals surface area contributed by atoms with Crippen LogP contribution in [0.25, 0.3) is 0 Å². The average Bonchev–Trinajstić information content (AvgIpc) is 2.66. The molecule has 0 aliphatic rings. The largest absolute Gasteiger partial charge is 0.459 e. The molecule has 27 heavy (non-hydrogen) atoms. The second kappa shape index (κ2) is 9.91. The summed E-state index contributed by atoms with van der Waals surface area (Å²) in [5.41, 5.74) is 1.46. The molecular formula is C19H23N3O4S. The average molecular weight is 389 g/mol. The fraction of sp³-hybridized carbons (Fsp3) is 0.368. The lowest BCUT2D eigenvalue weighted by molar-refractivity contribution is -0.113. The summed E-state index contributed by atoms with van der Waals surface area (Å²) in [5, 5.41) is 3.16. The van der Waals surface area contributed by atoms with Crippen molar-refractivity contribution in [3.63, 3.8) is 0 Å². The molecule has 7 nitrogen and oxygen atoms in total. The summed E-state index contributed by atoms with van der Waals surface area (Å²) < 4.78 is 5.26. The molecule has 0 saturated carbocycles. The molecule has 2 rings (SSSR count). The van der Waals surface area contributed by atoms with Crippen molar-refractivity contribution in [2.75, 3.05) is 11.1 Å². The molecule has 1 aromatic heterocycles. The second-order valence-electron chi connectivity index (χ2n) is 5.93. The van der Waals surface area contributed by atoms with E-state index in [2.05, 4.69) is 15.3 Å². The van der Waals surface area contributed by atoms with Crippen molar-refractivity contribution >= 4 is 29.3 Å². The van der Waals surface area contributed by atoms with Gasteiger partial charge in [-0.05, 0) is 44.0 Å². The number of carbonyl (C=O) groups is 2. The molecule has 0 saturated heterocycles. The number of aromatic amines is 1. The Morgan fingerprint density at radius 3 is 2.59 bits per heavy atom. The summed E-state index contributed by atoms with van der Waals surface area (Å²) in [5.74, 6) is -0.517. The number of esters is 1. The van der Waals surface area contributed by atoms with Crippen LogP contribution in [0.4, 0.5) is 5.69 Å². The predicted octanol–water partition coefficient (Wildman–Crippen LogP) is 3.02. The molecule has 1 atom stereocenters. The maximum absolute atomic E-state index is 12.1. The Morgan fingerprint density at radius 2 is 1.96 bits per heavy atom. The van der Waals surface area contributed by atoms with E-state index in [1.807, 2.05) is 20.8 Å². The van der Waals surface area contributed by atoms with Gasteiger partial charge >= 0.3 is 5.97 Å². The van der Waals surface area contributed by atoms with Crippen molar-refractivity contribution in [1.82, 2.24) is 9.97 Å². The Labute approximate surface area is 161 Å². The number of carbonyl (C=O) groups excluding carboxylic acids is 2. The molecule has 0 bridgehead atoms. The highest BCUT2D eigenvalue weighted by Crippen LogP contribution is 2.15. The minimum atomic E-state index is -0.386. The van der Waals surface area contributed by atoms with E-state index in [0.29, 0.717) is 28.5 Å². The van der Waals surface area contributed by atoms with Gasteiger partial charge in [-0.2, -0.15) is 0 Å². The first-order chi connectivity index (χ1) is 12.9. The topological polar surface area (TPSA) is 101 Å². The smallest absolute Gasteiger partial charge is 0.338 e. The number of hydrogen-bond donors (Lipinski definition) is 2. The zero-order valence-corrected chi connectivity index (χ0v) is 16.4. The molecule has 0 radical (unpaired) electrons. The number of nitrogens with zero attached hydrogens (tertiary/aromatic N) is 1. The molecule has 2 aromatic rings. The summed E-state index contributed by atoms with van der Waals surface area (Å²) in [4.78, 5) is 42.4. The van der Waals surface area contributed by atoms with Gasteiger partial charge in [0.25, 0.3) is 5.56 Å². The number of ether oxygens (including phenoxy) is 1. The molecule has 8 heteroatoms. The van der Waals surface area contributed by atoms with Crippen molar-refractivity contribution in [2.24, 2.45) is 0 Å². The molecule has 1 unspecified atom stereocenters. The lowest BCUT2D eigenvalue weighted by Gasteiger charge is -2.11. The van der Waals surface area contributed by atoms with Gasteiger partial charge in [0.05, 0.1) is 17.4 Å². The van der Waals surface area contributed by atoms with Crippen LogP contribution in [-0.4, -0.2) is 33.7 Å². The number of anilines is 1. The van der Waals surface area contributed by atoms with Gasteiger partial charge in [0.1, 0.15) is 0 Å². The van der Waals surface area contributed by atoms with Crippen LogP contribution in [0.3, 0.4) is 0 Å².